The molecule has 0 saturated heterocycles. The van der Waals surface area contributed by atoms with Gasteiger partial charge in [0.2, 0.25) is 5.03 Å². The van der Waals surface area contributed by atoms with Crippen LogP contribution in [0.15, 0.2) is 9.63 Å². The van der Waals surface area contributed by atoms with Gasteiger partial charge >= 0.3 is 0 Å². The molecule has 96 valence electrons. The highest BCUT2D eigenvalue weighted by atomic mass is 79.9. The molecule has 1 aliphatic rings. The van der Waals surface area contributed by atoms with E-state index in [1.165, 1.54) is 23.9 Å². The molecule has 1 fully saturated rings. The Bertz CT molecular complexity index is 476. The maximum atomic E-state index is 12.0. The molecule has 1 heterocycles. The van der Waals surface area contributed by atoms with Crippen molar-refractivity contribution in [1.29, 1.82) is 0 Å². The molecule has 0 aliphatic heterocycles. The highest BCUT2D eigenvalue weighted by Crippen LogP contribution is 2.29. The zero-order valence-corrected chi connectivity index (χ0v) is 12.0. The average Bonchev–Trinajstić information content (AvgIpc) is 2.51. The molecule has 1 aromatic heterocycles. The minimum atomic E-state index is -3.52. The van der Waals surface area contributed by atoms with Crippen molar-refractivity contribution >= 4 is 26.0 Å². The fourth-order valence-corrected chi connectivity index (χ4v) is 3.99. The number of sulfonamides is 1. The van der Waals surface area contributed by atoms with Gasteiger partial charge in [-0.1, -0.05) is 24.5 Å². The van der Waals surface area contributed by atoms with E-state index in [-0.39, 0.29) is 9.63 Å². The second-order valence-electron chi connectivity index (χ2n) is 4.29. The molecule has 1 aromatic rings. The van der Waals surface area contributed by atoms with Gasteiger partial charge in [0, 0.05) is 13.6 Å². The van der Waals surface area contributed by atoms with Crippen molar-refractivity contribution in [3.8, 4) is 0 Å². The summed E-state index contributed by atoms with van der Waals surface area (Å²) in [6, 6.07) is 0. The van der Waals surface area contributed by atoms with Gasteiger partial charge in [-0.05, 0) is 28.3 Å². The van der Waals surface area contributed by atoms with E-state index < -0.39 is 10.0 Å². The maximum absolute atomic E-state index is 12.0. The monoisotopic (exact) mass is 322 g/mol. The fourth-order valence-electron chi connectivity index (χ4n) is 1.86. The number of hydrogen-bond donors (Lipinski definition) is 1. The molecule has 1 saturated carbocycles. The first-order valence-electron chi connectivity index (χ1n) is 5.55. The summed E-state index contributed by atoms with van der Waals surface area (Å²) < 4.78 is 28.0. The largest absolute Gasteiger partial charge is 0.260 e. The number of nitrogens with one attached hydrogen (secondary N) is 1. The Labute approximate surface area is 109 Å². The van der Waals surface area contributed by atoms with E-state index in [1.54, 1.807) is 7.05 Å². The first-order chi connectivity index (χ1) is 8.00. The molecule has 6 nitrogen and oxygen atoms in total. The third kappa shape index (κ3) is 2.86. The summed E-state index contributed by atoms with van der Waals surface area (Å²) in [6.07, 6.45) is 4.62. The van der Waals surface area contributed by atoms with Crippen molar-refractivity contribution in [2.24, 2.45) is 13.0 Å². The van der Waals surface area contributed by atoms with Gasteiger partial charge in [-0.15, -0.1) is 5.10 Å². The third-order valence-electron chi connectivity index (χ3n) is 3.06. The fraction of sp³-hybridized carbons (Fsp3) is 0.778. The Morgan fingerprint density at radius 1 is 1.53 bits per heavy atom. The van der Waals surface area contributed by atoms with Crippen LogP contribution in [0, 0.1) is 5.92 Å². The lowest BCUT2D eigenvalue weighted by molar-refractivity contribution is 0.297. The highest BCUT2D eigenvalue weighted by Gasteiger charge is 2.24. The molecule has 17 heavy (non-hydrogen) atoms. The van der Waals surface area contributed by atoms with E-state index in [9.17, 15) is 8.42 Å². The molecule has 1 N–H and O–H groups in total. The molecule has 1 aliphatic carbocycles. The molecule has 0 aromatic carbocycles. The predicted octanol–water partition coefficient (Wildman–Crippen LogP) is 1.05. The number of nitrogens with zero attached hydrogens (tertiary/aromatic N) is 3. The van der Waals surface area contributed by atoms with Crippen molar-refractivity contribution in [2.45, 2.75) is 30.7 Å². The van der Waals surface area contributed by atoms with Gasteiger partial charge in [0.25, 0.3) is 10.0 Å². The average molecular weight is 323 g/mol. The number of aryl methyl sites for hydroxylation is 1. The number of rotatable bonds is 5. The summed E-state index contributed by atoms with van der Waals surface area (Å²) in [7, 11) is -1.96. The summed E-state index contributed by atoms with van der Waals surface area (Å²) in [5, 5.41) is 7.39. The summed E-state index contributed by atoms with van der Waals surface area (Å²) in [6.45, 7) is 0.477. The minimum Gasteiger partial charge on any atom is -0.235 e. The van der Waals surface area contributed by atoms with Crippen LogP contribution in [-0.4, -0.2) is 30.0 Å². The highest BCUT2D eigenvalue weighted by molar-refractivity contribution is 9.10. The van der Waals surface area contributed by atoms with Crippen LogP contribution in [0.2, 0.25) is 0 Å². The second-order valence-corrected chi connectivity index (χ2v) is 6.73. The summed E-state index contributed by atoms with van der Waals surface area (Å²) in [5.41, 5.74) is 0. The molecule has 0 unspecified atom stereocenters. The van der Waals surface area contributed by atoms with E-state index in [4.69, 9.17) is 0 Å². The molecule has 0 spiro atoms. The third-order valence-corrected chi connectivity index (χ3v) is 5.41. The zero-order valence-electron chi connectivity index (χ0n) is 9.56. The van der Waals surface area contributed by atoms with Crippen molar-refractivity contribution in [2.75, 3.05) is 6.54 Å². The lowest BCUT2D eigenvalue weighted by Crippen LogP contribution is -2.29. The van der Waals surface area contributed by atoms with Crippen molar-refractivity contribution in [1.82, 2.24) is 19.7 Å². The Hall–Kier alpha value is -0.470. The topological polar surface area (TPSA) is 76.9 Å². The van der Waals surface area contributed by atoms with Gasteiger partial charge < -0.3 is 0 Å². The van der Waals surface area contributed by atoms with Gasteiger partial charge in [0.05, 0.1) is 0 Å². The summed E-state index contributed by atoms with van der Waals surface area (Å²) in [4.78, 5) is 0. The van der Waals surface area contributed by atoms with Crippen LogP contribution < -0.4 is 4.72 Å². The Morgan fingerprint density at radius 3 is 2.71 bits per heavy atom. The van der Waals surface area contributed by atoms with Crippen LogP contribution in [-0.2, 0) is 17.1 Å². The van der Waals surface area contributed by atoms with E-state index >= 15 is 0 Å². The van der Waals surface area contributed by atoms with Gasteiger partial charge in [0.15, 0.2) is 4.60 Å². The number of hydrogen-bond acceptors (Lipinski definition) is 4. The quantitative estimate of drug-likeness (QED) is 0.878. The molecule has 2 rings (SSSR count). The smallest absolute Gasteiger partial charge is 0.235 e. The van der Waals surface area contributed by atoms with Crippen LogP contribution in [0.5, 0.6) is 0 Å². The van der Waals surface area contributed by atoms with Crippen LogP contribution >= 0.6 is 15.9 Å². The van der Waals surface area contributed by atoms with Gasteiger partial charge in [-0.2, -0.15) is 0 Å². The predicted molar refractivity (Wildman–Crippen MR) is 65.8 cm³/mol. The van der Waals surface area contributed by atoms with Crippen molar-refractivity contribution in [3.05, 3.63) is 4.60 Å². The number of aromatic nitrogens is 3. The van der Waals surface area contributed by atoms with Gasteiger partial charge in [-0.3, -0.25) is 0 Å². The lowest BCUT2D eigenvalue weighted by Gasteiger charge is -2.25. The Balaban J connectivity index is 1.98. The minimum absolute atomic E-state index is 0.0751. The molecular formula is C9H15BrN4O2S. The SMILES string of the molecule is Cn1nnc(Br)c1S(=O)(=O)NCCC1CCC1. The zero-order chi connectivity index (χ0) is 12.5. The van der Waals surface area contributed by atoms with E-state index in [2.05, 4.69) is 31.0 Å². The second kappa shape index (κ2) is 5.03. The first kappa shape index (κ1) is 13.0. The van der Waals surface area contributed by atoms with Crippen molar-refractivity contribution < 1.29 is 8.42 Å². The molecule has 0 bridgehead atoms. The van der Waals surface area contributed by atoms with Gasteiger partial charge in [0.1, 0.15) is 0 Å². The molecule has 0 radical (unpaired) electrons. The molecule has 0 amide bonds. The Morgan fingerprint density at radius 2 is 2.24 bits per heavy atom. The first-order valence-corrected chi connectivity index (χ1v) is 7.83. The van der Waals surface area contributed by atoms with Crippen LogP contribution in [0.1, 0.15) is 25.7 Å². The van der Waals surface area contributed by atoms with E-state index in [1.807, 2.05) is 0 Å². The van der Waals surface area contributed by atoms with Gasteiger partial charge in [-0.25, -0.2) is 17.8 Å². The summed E-state index contributed by atoms with van der Waals surface area (Å²) in [5.74, 6) is 0.686. The van der Waals surface area contributed by atoms with Crippen molar-refractivity contribution in [3.63, 3.8) is 0 Å². The molecular weight excluding hydrogens is 308 g/mol. The molecule has 8 heteroatoms. The normalized spacial score (nSPS) is 17.1. The maximum Gasteiger partial charge on any atom is 0.260 e. The number of halogens is 1. The van der Waals surface area contributed by atoms with E-state index in [0.29, 0.717) is 12.5 Å². The standard InChI is InChI=1S/C9H15BrN4O2S/c1-14-9(8(10)12-13-14)17(15,16)11-6-5-7-3-2-4-7/h7,11H,2-6H2,1H3. The Kier molecular flexibility index (Phi) is 3.84. The van der Waals surface area contributed by atoms with E-state index in [0.717, 1.165) is 6.42 Å². The molecule has 0 atom stereocenters. The van der Waals surface area contributed by atoms with Crippen LogP contribution in [0.4, 0.5) is 0 Å². The van der Waals surface area contributed by atoms with Crippen LogP contribution in [0.3, 0.4) is 0 Å². The van der Waals surface area contributed by atoms with Crippen LogP contribution in [0.25, 0.3) is 0 Å². The lowest BCUT2D eigenvalue weighted by atomic mass is 9.83. The summed E-state index contributed by atoms with van der Waals surface area (Å²) >= 11 is 3.08.